The SMILES string of the molecule is Cc1ccc(C(=O)NC(C)(C)C(C)(C)O)c(C)c1. The van der Waals surface area contributed by atoms with E-state index in [4.69, 9.17) is 0 Å². The summed E-state index contributed by atoms with van der Waals surface area (Å²) in [4.78, 5) is 12.2. The van der Waals surface area contributed by atoms with Crippen molar-refractivity contribution in [1.29, 1.82) is 0 Å². The summed E-state index contributed by atoms with van der Waals surface area (Å²) in [6.45, 7) is 10.9. The molecule has 18 heavy (non-hydrogen) atoms. The number of amides is 1. The summed E-state index contributed by atoms with van der Waals surface area (Å²) in [6, 6.07) is 5.71. The molecule has 0 heterocycles. The molecular formula is C15H23NO2. The highest BCUT2D eigenvalue weighted by molar-refractivity contribution is 5.96. The number of hydrogen-bond acceptors (Lipinski definition) is 2. The predicted molar refractivity (Wildman–Crippen MR) is 73.8 cm³/mol. The molecule has 0 radical (unpaired) electrons. The van der Waals surface area contributed by atoms with E-state index in [0.717, 1.165) is 11.1 Å². The van der Waals surface area contributed by atoms with Crippen LogP contribution in [0.15, 0.2) is 18.2 Å². The maximum absolute atomic E-state index is 12.2. The number of benzene rings is 1. The number of aliphatic hydroxyl groups is 1. The number of carbonyl (C=O) groups is 1. The normalized spacial score (nSPS) is 12.4. The Kier molecular flexibility index (Phi) is 3.86. The molecule has 0 unspecified atom stereocenters. The average molecular weight is 249 g/mol. The Hall–Kier alpha value is -1.35. The fourth-order valence-corrected chi connectivity index (χ4v) is 1.57. The fourth-order valence-electron chi connectivity index (χ4n) is 1.57. The number of aryl methyl sites for hydroxylation is 2. The zero-order chi connectivity index (χ0) is 14.1. The highest BCUT2D eigenvalue weighted by Gasteiger charge is 2.36. The van der Waals surface area contributed by atoms with Gasteiger partial charge in [0.2, 0.25) is 0 Å². The van der Waals surface area contributed by atoms with Crippen molar-refractivity contribution in [2.75, 3.05) is 0 Å². The van der Waals surface area contributed by atoms with Crippen molar-refractivity contribution in [2.24, 2.45) is 0 Å². The molecule has 0 atom stereocenters. The third-order valence-corrected chi connectivity index (χ3v) is 3.58. The molecule has 0 aromatic heterocycles. The molecule has 3 heteroatoms. The average Bonchev–Trinajstić information content (AvgIpc) is 2.14. The van der Waals surface area contributed by atoms with E-state index < -0.39 is 11.1 Å². The highest BCUT2D eigenvalue weighted by Crippen LogP contribution is 2.21. The van der Waals surface area contributed by atoms with E-state index in [2.05, 4.69) is 5.32 Å². The van der Waals surface area contributed by atoms with Crippen LogP contribution in [0.3, 0.4) is 0 Å². The zero-order valence-electron chi connectivity index (χ0n) is 12.1. The van der Waals surface area contributed by atoms with Crippen molar-refractivity contribution in [1.82, 2.24) is 5.32 Å². The van der Waals surface area contributed by atoms with Gasteiger partial charge in [0, 0.05) is 5.56 Å². The van der Waals surface area contributed by atoms with E-state index in [9.17, 15) is 9.90 Å². The van der Waals surface area contributed by atoms with Crippen LogP contribution in [0.2, 0.25) is 0 Å². The minimum absolute atomic E-state index is 0.153. The summed E-state index contributed by atoms with van der Waals surface area (Å²) in [5.74, 6) is -0.153. The van der Waals surface area contributed by atoms with E-state index in [1.54, 1.807) is 13.8 Å². The van der Waals surface area contributed by atoms with Gasteiger partial charge in [-0.25, -0.2) is 0 Å². The highest BCUT2D eigenvalue weighted by atomic mass is 16.3. The van der Waals surface area contributed by atoms with Crippen molar-refractivity contribution in [3.63, 3.8) is 0 Å². The van der Waals surface area contributed by atoms with Gasteiger partial charge in [-0.2, -0.15) is 0 Å². The first-order valence-corrected chi connectivity index (χ1v) is 6.17. The van der Waals surface area contributed by atoms with E-state index in [0.29, 0.717) is 5.56 Å². The molecule has 1 aromatic rings. The Bertz CT molecular complexity index is 456. The molecule has 2 N–H and O–H groups in total. The van der Waals surface area contributed by atoms with Crippen LogP contribution >= 0.6 is 0 Å². The van der Waals surface area contributed by atoms with Gasteiger partial charge in [-0.3, -0.25) is 4.79 Å². The van der Waals surface area contributed by atoms with Crippen LogP contribution in [0.4, 0.5) is 0 Å². The first kappa shape index (κ1) is 14.7. The van der Waals surface area contributed by atoms with Crippen LogP contribution in [-0.4, -0.2) is 22.2 Å². The number of carbonyl (C=O) groups excluding carboxylic acids is 1. The van der Waals surface area contributed by atoms with Crippen molar-refractivity contribution in [3.8, 4) is 0 Å². The van der Waals surface area contributed by atoms with Crippen molar-refractivity contribution >= 4 is 5.91 Å². The third kappa shape index (κ3) is 3.10. The van der Waals surface area contributed by atoms with Gasteiger partial charge in [0.05, 0.1) is 11.1 Å². The maximum atomic E-state index is 12.2. The number of nitrogens with one attached hydrogen (secondary N) is 1. The van der Waals surface area contributed by atoms with Crippen molar-refractivity contribution in [2.45, 2.75) is 52.7 Å². The molecule has 1 aromatic carbocycles. The van der Waals surface area contributed by atoms with Gasteiger partial charge < -0.3 is 10.4 Å². The Balaban J connectivity index is 2.96. The van der Waals surface area contributed by atoms with Crippen LogP contribution in [-0.2, 0) is 0 Å². The topological polar surface area (TPSA) is 49.3 Å². The van der Waals surface area contributed by atoms with Gasteiger partial charge in [-0.05, 0) is 53.2 Å². The smallest absolute Gasteiger partial charge is 0.252 e. The van der Waals surface area contributed by atoms with Crippen LogP contribution < -0.4 is 5.32 Å². The predicted octanol–water partition coefficient (Wildman–Crippen LogP) is 2.58. The summed E-state index contributed by atoms with van der Waals surface area (Å²) >= 11 is 0. The number of rotatable bonds is 3. The summed E-state index contributed by atoms with van der Waals surface area (Å²) < 4.78 is 0. The monoisotopic (exact) mass is 249 g/mol. The lowest BCUT2D eigenvalue weighted by Crippen LogP contribution is -2.57. The largest absolute Gasteiger partial charge is 0.388 e. The third-order valence-electron chi connectivity index (χ3n) is 3.58. The second-order valence-corrected chi connectivity index (χ2v) is 5.96. The molecule has 0 aliphatic carbocycles. The fraction of sp³-hybridized carbons (Fsp3) is 0.533. The first-order chi connectivity index (χ1) is 8.04. The first-order valence-electron chi connectivity index (χ1n) is 6.17. The van der Waals surface area contributed by atoms with Crippen LogP contribution in [0.5, 0.6) is 0 Å². The molecule has 0 spiro atoms. The summed E-state index contributed by atoms with van der Waals surface area (Å²) in [6.07, 6.45) is 0. The lowest BCUT2D eigenvalue weighted by molar-refractivity contribution is -0.00294. The summed E-state index contributed by atoms with van der Waals surface area (Å²) in [7, 11) is 0. The van der Waals surface area contributed by atoms with Gasteiger partial charge in [0.25, 0.3) is 5.91 Å². The standard InChI is InChI=1S/C15H23NO2/c1-10-7-8-12(11(2)9-10)13(17)16-14(3,4)15(5,6)18/h7-9,18H,1-6H3,(H,16,17). The van der Waals surface area contributed by atoms with Crippen LogP contribution in [0.1, 0.15) is 49.2 Å². The van der Waals surface area contributed by atoms with Crippen molar-refractivity contribution < 1.29 is 9.90 Å². The molecule has 0 saturated carbocycles. The summed E-state index contributed by atoms with van der Waals surface area (Å²) in [5, 5.41) is 12.9. The molecule has 0 fully saturated rings. The van der Waals surface area contributed by atoms with Crippen molar-refractivity contribution in [3.05, 3.63) is 34.9 Å². The van der Waals surface area contributed by atoms with E-state index >= 15 is 0 Å². The van der Waals surface area contributed by atoms with Crippen LogP contribution in [0.25, 0.3) is 0 Å². The Labute approximate surface area is 109 Å². The zero-order valence-corrected chi connectivity index (χ0v) is 12.1. The molecule has 0 bridgehead atoms. The van der Waals surface area contributed by atoms with Gasteiger partial charge in [-0.15, -0.1) is 0 Å². The van der Waals surface area contributed by atoms with Gasteiger partial charge in [0.15, 0.2) is 0 Å². The second kappa shape index (κ2) is 4.73. The molecule has 0 aliphatic heterocycles. The van der Waals surface area contributed by atoms with E-state index in [1.807, 2.05) is 45.9 Å². The molecular weight excluding hydrogens is 226 g/mol. The second-order valence-electron chi connectivity index (χ2n) is 5.96. The molecule has 1 rings (SSSR count). The van der Waals surface area contributed by atoms with Gasteiger partial charge >= 0.3 is 0 Å². The quantitative estimate of drug-likeness (QED) is 0.865. The minimum Gasteiger partial charge on any atom is -0.388 e. The molecule has 3 nitrogen and oxygen atoms in total. The molecule has 0 aliphatic rings. The lowest BCUT2D eigenvalue weighted by atomic mass is 9.85. The van der Waals surface area contributed by atoms with Gasteiger partial charge in [-0.1, -0.05) is 17.7 Å². The van der Waals surface area contributed by atoms with Crippen LogP contribution in [0, 0.1) is 13.8 Å². The maximum Gasteiger partial charge on any atom is 0.252 e. The molecule has 100 valence electrons. The lowest BCUT2D eigenvalue weighted by Gasteiger charge is -2.38. The molecule has 1 amide bonds. The van der Waals surface area contributed by atoms with E-state index in [-0.39, 0.29) is 5.91 Å². The minimum atomic E-state index is -0.985. The summed E-state index contributed by atoms with van der Waals surface area (Å²) in [5.41, 5.74) is 1.05. The number of hydrogen-bond donors (Lipinski definition) is 2. The van der Waals surface area contributed by atoms with Gasteiger partial charge in [0.1, 0.15) is 0 Å². The molecule has 0 saturated heterocycles. The Morgan fingerprint density at radius 2 is 1.72 bits per heavy atom. The Morgan fingerprint density at radius 1 is 1.17 bits per heavy atom. The Morgan fingerprint density at radius 3 is 2.17 bits per heavy atom. The van der Waals surface area contributed by atoms with E-state index in [1.165, 1.54) is 0 Å².